The highest BCUT2D eigenvalue weighted by atomic mass is 16.5. The molecule has 1 aliphatic rings. The van der Waals surface area contributed by atoms with Gasteiger partial charge in [0.15, 0.2) is 0 Å². The van der Waals surface area contributed by atoms with E-state index in [4.69, 9.17) is 9.47 Å². The number of benzene rings is 1. The summed E-state index contributed by atoms with van der Waals surface area (Å²) in [5.74, 6) is 1.04. The lowest BCUT2D eigenvalue weighted by Crippen LogP contribution is -2.44. The topological polar surface area (TPSA) is 30.5 Å². The molecule has 0 fully saturated rings. The summed E-state index contributed by atoms with van der Waals surface area (Å²) >= 11 is 0. The number of hydrogen-bond acceptors (Lipinski definition) is 3. The number of rotatable bonds is 7. The van der Waals surface area contributed by atoms with Crippen LogP contribution in [0.25, 0.3) is 0 Å². The Balaban J connectivity index is 2.37. The third-order valence-electron chi connectivity index (χ3n) is 4.58. The van der Waals surface area contributed by atoms with E-state index in [2.05, 4.69) is 44.3 Å². The molecule has 0 amide bonds. The van der Waals surface area contributed by atoms with Crippen LogP contribution >= 0.6 is 0 Å². The average Bonchev–Trinajstić information content (AvgIpc) is 2.95. The molecule has 0 aliphatic carbocycles. The number of likely N-dealkylation sites (N-methyl/N-ethyl adjacent to an activating group) is 1. The van der Waals surface area contributed by atoms with Gasteiger partial charge in [-0.3, -0.25) is 0 Å². The van der Waals surface area contributed by atoms with Crippen molar-refractivity contribution in [3.8, 4) is 5.75 Å². The Morgan fingerprint density at radius 3 is 2.65 bits per heavy atom. The highest BCUT2D eigenvalue weighted by Gasteiger charge is 2.36. The van der Waals surface area contributed by atoms with Gasteiger partial charge < -0.3 is 14.8 Å². The maximum atomic E-state index is 5.93. The standard InChI is InChI=1S/C17H27NO2/c1-5-17(6-2,19-4)16(18-7-3)14-8-9-15-13(12-14)10-11-20-15/h8-9,12,16,18H,5-7,10-11H2,1-4H3. The molecule has 0 spiro atoms. The highest BCUT2D eigenvalue weighted by molar-refractivity contribution is 5.41. The number of nitrogens with one attached hydrogen (secondary N) is 1. The van der Waals surface area contributed by atoms with E-state index in [9.17, 15) is 0 Å². The largest absolute Gasteiger partial charge is 0.493 e. The minimum atomic E-state index is -0.149. The second-order valence-electron chi connectivity index (χ2n) is 5.43. The van der Waals surface area contributed by atoms with Crippen molar-refractivity contribution in [2.75, 3.05) is 20.3 Å². The van der Waals surface area contributed by atoms with E-state index in [0.717, 1.165) is 38.2 Å². The van der Waals surface area contributed by atoms with Crippen LogP contribution in [0.4, 0.5) is 0 Å². The summed E-state index contributed by atoms with van der Waals surface area (Å²) in [5.41, 5.74) is 2.48. The van der Waals surface area contributed by atoms with E-state index in [0.29, 0.717) is 0 Å². The minimum Gasteiger partial charge on any atom is -0.493 e. The van der Waals surface area contributed by atoms with Gasteiger partial charge in [-0.25, -0.2) is 0 Å². The van der Waals surface area contributed by atoms with Crippen molar-refractivity contribution in [2.45, 2.75) is 51.7 Å². The molecule has 1 aliphatic heterocycles. The summed E-state index contributed by atoms with van der Waals surface area (Å²) in [6.45, 7) is 8.29. The van der Waals surface area contributed by atoms with E-state index < -0.39 is 0 Å². The first kappa shape index (κ1) is 15.3. The first-order chi connectivity index (χ1) is 9.70. The van der Waals surface area contributed by atoms with Crippen LogP contribution in [0.15, 0.2) is 18.2 Å². The van der Waals surface area contributed by atoms with E-state index >= 15 is 0 Å². The molecule has 0 saturated heterocycles. The number of hydrogen-bond donors (Lipinski definition) is 1. The van der Waals surface area contributed by atoms with Gasteiger partial charge in [0.2, 0.25) is 0 Å². The smallest absolute Gasteiger partial charge is 0.122 e. The molecule has 0 bridgehead atoms. The Bertz CT molecular complexity index is 432. The Morgan fingerprint density at radius 1 is 1.30 bits per heavy atom. The second-order valence-corrected chi connectivity index (χ2v) is 5.43. The Kier molecular flexibility index (Phi) is 5.06. The molecule has 3 nitrogen and oxygen atoms in total. The molecule has 1 unspecified atom stereocenters. The average molecular weight is 277 g/mol. The highest BCUT2D eigenvalue weighted by Crippen LogP contribution is 2.37. The van der Waals surface area contributed by atoms with Crippen LogP contribution in [0, 0.1) is 0 Å². The third-order valence-corrected chi connectivity index (χ3v) is 4.58. The van der Waals surface area contributed by atoms with E-state index in [1.54, 1.807) is 0 Å². The molecule has 1 aromatic rings. The molecule has 1 aromatic carbocycles. The molecule has 2 rings (SSSR count). The normalized spacial score (nSPS) is 15.8. The van der Waals surface area contributed by atoms with Gasteiger partial charge in [0, 0.05) is 13.5 Å². The summed E-state index contributed by atoms with van der Waals surface area (Å²) in [6.07, 6.45) is 3.00. The van der Waals surface area contributed by atoms with Gasteiger partial charge in [-0.1, -0.05) is 32.9 Å². The SMILES string of the molecule is CCNC(c1ccc2c(c1)CCO2)C(CC)(CC)OC. The van der Waals surface area contributed by atoms with Gasteiger partial charge in [0.1, 0.15) is 5.75 Å². The maximum Gasteiger partial charge on any atom is 0.122 e. The van der Waals surface area contributed by atoms with E-state index in [1.807, 2.05) is 7.11 Å². The summed E-state index contributed by atoms with van der Waals surface area (Å²) in [5, 5.41) is 3.62. The van der Waals surface area contributed by atoms with Gasteiger partial charge in [0.05, 0.1) is 18.2 Å². The molecule has 0 radical (unpaired) electrons. The van der Waals surface area contributed by atoms with Crippen molar-refractivity contribution in [3.05, 3.63) is 29.3 Å². The summed E-state index contributed by atoms with van der Waals surface area (Å²) in [4.78, 5) is 0. The van der Waals surface area contributed by atoms with Crippen molar-refractivity contribution in [1.82, 2.24) is 5.32 Å². The molecule has 0 aromatic heterocycles. The Labute approximate surface area is 122 Å². The molecule has 0 saturated carbocycles. The molecule has 1 N–H and O–H groups in total. The third kappa shape index (κ3) is 2.70. The van der Waals surface area contributed by atoms with Gasteiger partial charge >= 0.3 is 0 Å². The number of fused-ring (bicyclic) bond motifs is 1. The maximum absolute atomic E-state index is 5.93. The van der Waals surface area contributed by atoms with Crippen LogP contribution < -0.4 is 10.1 Å². The molecule has 20 heavy (non-hydrogen) atoms. The van der Waals surface area contributed by atoms with Crippen molar-refractivity contribution in [3.63, 3.8) is 0 Å². The minimum absolute atomic E-state index is 0.149. The summed E-state index contributed by atoms with van der Waals surface area (Å²) < 4.78 is 11.5. The van der Waals surface area contributed by atoms with Crippen LogP contribution in [0.1, 0.15) is 50.8 Å². The first-order valence-corrected chi connectivity index (χ1v) is 7.74. The molecule has 1 atom stereocenters. The predicted molar refractivity (Wildman–Crippen MR) is 82.4 cm³/mol. The predicted octanol–water partition coefficient (Wildman–Crippen LogP) is 3.48. The van der Waals surface area contributed by atoms with Gasteiger partial charge in [-0.05, 0) is 36.6 Å². The van der Waals surface area contributed by atoms with Gasteiger partial charge in [-0.2, -0.15) is 0 Å². The fraction of sp³-hybridized carbons (Fsp3) is 0.647. The molecule has 3 heteroatoms. The van der Waals surface area contributed by atoms with Crippen LogP contribution in [-0.4, -0.2) is 25.9 Å². The van der Waals surface area contributed by atoms with E-state index in [-0.39, 0.29) is 11.6 Å². The summed E-state index contributed by atoms with van der Waals surface area (Å²) in [6, 6.07) is 6.79. The second kappa shape index (κ2) is 6.59. The van der Waals surface area contributed by atoms with Crippen molar-refractivity contribution < 1.29 is 9.47 Å². The Hall–Kier alpha value is -1.06. The molecule has 1 heterocycles. The number of methoxy groups -OCH3 is 1. The lowest BCUT2D eigenvalue weighted by molar-refractivity contribution is -0.0482. The monoisotopic (exact) mass is 277 g/mol. The van der Waals surface area contributed by atoms with Crippen LogP contribution in [0.3, 0.4) is 0 Å². The van der Waals surface area contributed by atoms with Gasteiger partial charge in [0.25, 0.3) is 0 Å². The zero-order chi connectivity index (χ0) is 14.6. The molecular weight excluding hydrogens is 250 g/mol. The van der Waals surface area contributed by atoms with Crippen LogP contribution in [0.2, 0.25) is 0 Å². The van der Waals surface area contributed by atoms with E-state index in [1.165, 1.54) is 11.1 Å². The number of ether oxygens (including phenoxy) is 2. The lowest BCUT2D eigenvalue weighted by atomic mass is 9.83. The van der Waals surface area contributed by atoms with Crippen LogP contribution in [0.5, 0.6) is 5.75 Å². The lowest BCUT2D eigenvalue weighted by Gasteiger charge is -2.39. The Morgan fingerprint density at radius 2 is 2.05 bits per heavy atom. The summed E-state index contributed by atoms with van der Waals surface area (Å²) in [7, 11) is 1.83. The van der Waals surface area contributed by atoms with Crippen molar-refractivity contribution in [2.24, 2.45) is 0 Å². The van der Waals surface area contributed by atoms with Crippen LogP contribution in [-0.2, 0) is 11.2 Å². The zero-order valence-corrected chi connectivity index (χ0v) is 13.2. The fourth-order valence-corrected chi connectivity index (χ4v) is 3.26. The van der Waals surface area contributed by atoms with Crippen molar-refractivity contribution in [1.29, 1.82) is 0 Å². The first-order valence-electron chi connectivity index (χ1n) is 7.74. The fourth-order valence-electron chi connectivity index (χ4n) is 3.26. The van der Waals surface area contributed by atoms with Crippen molar-refractivity contribution >= 4 is 0 Å². The zero-order valence-electron chi connectivity index (χ0n) is 13.2. The van der Waals surface area contributed by atoms with Gasteiger partial charge in [-0.15, -0.1) is 0 Å². The quantitative estimate of drug-likeness (QED) is 0.827. The molecular formula is C17H27NO2. The molecule has 112 valence electrons.